The second-order valence-electron chi connectivity index (χ2n) is 6.15. The van der Waals surface area contributed by atoms with Crippen LogP contribution in [0, 0.1) is 6.92 Å². The van der Waals surface area contributed by atoms with E-state index in [-0.39, 0.29) is 12.6 Å². The van der Waals surface area contributed by atoms with Crippen LogP contribution >= 0.6 is 0 Å². The molecule has 0 radical (unpaired) electrons. The van der Waals surface area contributed by atoms with Crippen molar-refractivity contribution in [3.8, 4) is 0 Å². The number of hydrogen-bond acceptors (Lipinski definition) is 5. The SMILES string of the molecule is Cc1nc2ccc(NC(=O)N3CCN(CCOCCO)CC3)cc2[nH]1. The number of nitrogens with zero attached hydrogens (tertiary/aromatic N) is 3. The number of ether oxygens (including phenoxy) is 1. The smallest absolute Gasteiger partial charge is 0.321 e. The van der Waals surface area contributed by atoms with Crippen LogP contribution in [-0.4, -0.2) is 83.4 Å². The number of hydrogen-bond donors (Lipinski definition) is 3. The molecule has 25 heavy (non-hydrogen) atoms. The van der Waals surface area contributed by atoms with Crippen molar-refractivity contribution in [1.82, 2.24) is 19.8 Å². The lowest BCUT2D eigenvalue weighted by Crippen LogP contribution is -2.50. The molecule has 1 aromatic carbocycles. The van der Waals surface area contributed by atoms with Gasteiger partial charge < -0.3 is 25.0 Å². The van der Waals surface area contributed by atoms with Gasteiger partial charge in [-0.3, -0.25) is 4.90 Å². The number of rotatable bonds is 6. The van der Waals surface area contributed by atoms with Gasteiger partial charge >= 0.3 is 6.03 Å². The van der Waals surface area contributed by atoms with Gasteiger partial charge in [0.05, 0.1) is 30.9 Å². The summed E-state index contributed by atoms with van der Waals surface area (Å²) >= 11 is 0. The van der Waals surface area contributed by atoms with Gasteiger partial charge in [0.15, 0.2) is 0 Å². The summed E-state index contributed by atoms with van der Waals surface area (Å²) in [6, 6.07) is 5.60. The van der Waals surface area contributed by atoms with Gasteiger partial charge in [-0.05, 0) is 25.1 Å². The van der Waals surface area contributed by atoms with Crippen LogP contribution in [0.5, 0.6) is 0 Å². The number of urea groups is 1. The molecule has 1 aliphatic heterocycles. The number of carbonyl (C=O) groups excluding carboxylic acids is 1. The topological polar surface area (TPSA) is 93.7 Å². The summed E-state index contributed by atoms with van der Waals surface area (Å²) in [5.74, 6) is 0.859. The van der Waals surface area contributed by atoms with Crippen molar-refractivity contribution in [2.45, 2.75) is 6.92 Å². The summed E-state index contributed by atoms with van der Waals surface area (Å²) in [6.45, 7) is 6.81. The second kappa shape index (κ2) is 8.28. The van der Waals surface area contributed by atoms with Gasteiger partial charge in [0.1, 0.15) is 5.82 Å². The molecule has 3 rings (SSSR count). The largest absolute Gasteiger partial charge is 0.394 e. The third kappa shape index (κ3) is 4.68. The van der Waals surface area contributed by atoms with Crippen molar-refractivity contribution in [3.05, 3.63) is 24.0 Å². The summed E-state index contributed by atoms with van der Waals surface area (Å²) in [6.07, 6.45) is 0. The van der Waals surface area contributed by atoms with Crippen molar-refractivity contribution < 1.29 is 14.6 Å². The Kier molecular flexibility index (Phi) is 5.85. The molecular formula is C17H25N5O3. The molecule has 1 aromatic heterocycles. The molecule has 0 bridgehead atoms. The number of carbonyl (C=O) groups is 1. The van der Waals surface area contributed by atoms with E-state index in [0.29, 0.717) is 26.3 Å². The summed E-state index contributed by atoms with van der Waals surface area (Å²) in [5, 5.41) is 11.6. The minimum absolute atomic E-state index is 0.0534. The van der Waals surface area contributed by atoms with E-state index < -0.39 is 0 Å². The van der Waals surface area contributed by atoms with E-state index in [1.807, 2.05) is 30.0 Å². The van der Waals surface area contributed by atoms with Crippen molar-refractivity contribution in [2.24, 2.45) is 0 Å². The molecule has 8 heteroatoms. The first kappa shape index (κ1) is 17.7. The van der Waals surface area contributed by atoms with E-state index in [4.69, 9.17) is 9.84 Å². The first-order chi connectivity index (χ1) is 12.2. The summed E-state index contributed by atoms with van der Waals surface area (Å²) in [5.41, 5.74) is 2.58. The minimum Gasteiger partial charge on any atom is -0.394 e. The number of benzene rings is 1. The van der Waals surface area contributed by atoms with Gasteiger partial charge in [-0.2, -0.15) is 0 Å². The summed E-state index contributed by atoms with van der Waals surface area (Å²) in [7, 11) is 0. The van der Waals surface area contributed by atoms with Gasteiger partial charge in [0.25, 0.3) is 0 Å². The molecule has 1 fully saturated rings. The molecule has 2 aromatic rings. The zero-order valence-electron chi connectivity index (χ0n) is 14.5. The number of aliphatic hydroxyl groups is 1. The van der Waals surface area contributed by atoms with E-state index >= 15 is 0 Å². The molecule has 2 amide bonds. The number of amides is 2. The third-order valence-electron chi connectivity index (χ3n) is 4.30. The normalized spacial score (nSPS) is 15.7. The van der Waals surface area contributed by atoms with Crippen molar-refractivity contribution in [2.75, 3.05) is 57.9 Å². The molecular weight excluding hydrogens is 322 g/mol. The number of fused-ring (bicyclic) bond motifs is 1. The molecule has 136 valence electrons. The standard InChI is InChI=1S/C17H25N5O3/c1-13-18-15-3-2-14(12-16(15)19-13)20-17(24)22-6-4-21(5-7-22)8-10-25-11-9-23/h2-3,12,23H,4-11H2,1H3,(H,18,19)(H,20,24). The predicted octanol–water partition coefficient (Wildman–Crippen LogP) is 1.03. The van der Waals surface area contributed by atoms with Gasteiger partial charge in [-0.15, -0.1) is 0 Å². The van der Waals surface area contributed by atoms with Gasteiger partial charge in [0.2, 0.25) is 0 Å². The molecule has 2 heterocycles. The number of piperazine rings is 1. The number of imidazole rings is 1. The number of aromatic nitrogens is 2. The highest BCUT2D eigenvalue weighted by Crippen LogP contribution is 2.17. The van der Waals surface area contributed by atoms with E-state index in [1.165, 1.54) is 0 Å². The van der Waals surface area contributed by atoms with Crippen LogP contribution in [0.4, 0.5) is 10.5 Å². The summed E-state index contributed by atoms with van der Waals surface area (Å²) in [4.78, 5) is 24.1. The Morgan fingerprint density at radius 1 is 1.32 bits per heavy atom. The molecule has 0 saturated carbocycles. The number of H-pyrrole nitrogens is 1. The monoisotopic (exact) mass is 347 g/mol. The number of aromatic amines is 1. The first-order valence-corrected chi connectivity index (χ1v) is 8.59. The lowest BCUT2D eigenvalue weighted by molar-refractivity contribution is 0.0627. The third-order valence-corrected chi connectivity index (χ3v) is 4.30. The average molecular weight is 347 g/mol. The molecule has 0 atom stereocenters. The van der Waals surface area contributed by atoms with Crippen LogP contribution in [-0.2, 0) is 4.74 Å². The molecule has 0 unspecified atom stereocenters. The zero-order chi connectivity index (χ0) is 17.6. The van der Waals surface area contributed by atoms with Crippen molar-refractivity contribution in [3.63, 3.8) is 0 Å². The lowest BCUT2D eigenvalue weighted by Gasteiger charge is -2.34. The van der Waals surface area contributed by atoms with Crippen molar-refractivity contribution in [1.29, 1.82) is 0 Å². The van der Waals surface area contributed by atoms with Crippen LogP contribution in [0.1, 0.15) is 5.82 Å². The Morgan fingerprint density at radius 3 is 2.88 bits per heavy atom. The first-order valence-electron chi connectivity index (χ1n) is 8.59. The Labute approximate surface area is 146 Å². The fourth-order valence-corrected chi connectivity index (χ4v) is 2.95. The fourth-order valence-electron chi connectivity index (χ4n) is 2.95. The van der Waals surface area contributed by atoms with Crippen molar-refractivity contribution >= 4 is 22.8 Å². The summed E-state index contributed by atoms with van der Waals surface area (Å²) < 4.78 is 5.28. The van der Waals surface area contributed by atoms with E-state index in [1.54, 1.807) is 0 Å². The van der Waals surface area contributed by atoms with Crippen LogP contribution in [0.15, 0.2) is 18.2 Å². The van der Waals surface area contributed by atoms with E-state index in [0.717, 1.165) is 42.2 Å². The van der Waals surface area contributed by atoms with Crippen LogP contribution < -0.4 is 5.32 Å². The molecule has 1 aliphatic rings. The maximum atomic E-state index is 12.4. The number of aliphatic hydroxyl groups excluding tert-OH is 1. The predicted molar refractivity (Wildman–Crippen MR) is 95.8 cm³/mol. The van der Waals surface area contributed by atoms with Gasteiger partial charge in [-0.25, -0.2) is 9.78 Å². The van der Waals surface area contributed by atoms with Gasteiger partial charge in [0, 0.05) is 38.4 Å². The minimum atomic E-state index is -0.0771. The molecule has 1 saturated heterocycles. The number of nitrogens with one attached hydrogen (secondary N) is 2. The van der Waals surface area contributed by atoms with Crippen LogP contribution in [0.2, 0.25) is 0 Å². The number of anilines is 1. The Hall–Kier alpha value is -2.16. The highest BCUT2D eigenvalue weighted by atomic mass is 16.5. The molecule has 0 aliphatic carbocycles. The highest BCUT2D eigenvalue weighted by Gasteiger charge is 2.21. The molecule has 8 nitrogen and oxygen atoms in total. The maximum Gasteiger partial charge on any atom is 0.321 e. The quantitative estimate of drug-likeness (QED) is 0.679. The van der Waals surface area contributed by atoms with E-state index in [2.05, 4.69) is 20.2 Å². The molecule has 0 spiro atoms. The van der Waals surface area contributed by atoms with Crippen LogP contribution in [0.3, 0.4) is 0 Å². The van der Waals surface area contributed by atoms with Crippen LogP contribution in [0.25, 0.3) is 11.0 Å². The highest BCUT2D eigenvalue weighted by molar-refractivity contribution is 5.92. The van der Waals surface area contributed by atoms with Gasteiger partial charge in [-0.1, -0.05) is 0 Å². The fraction of sp³-hybridized carbons (Fsp3) is 0.529. The average Bonchev–Trinajstić information content (AvgIpc) is 2.98. The second-order valence-corrected chi connectivity index (χ2v) is 6.15. The maximum absolute atomic E-state index is 12.4. The Bertz CT molecular complexity index is 709. The zero-order valence-corrected chi connectivity index (χ0v) is 14.5. The lowest BCUT2D eigenvalue weighted by atomic mass is 10.2. The number of aryl methyl sites for hydroxylation is 1. The van der Waals surface area contributed by atoms with E-state index in [9.17, 15) is 4.79 Å². The Balaban J connectivity index is 1.47. The molecule has 3 N–H and O–H groups in total. The Morgan fingerprint density at radius 2 is 2.12 bits per heavy atom.